The van der Waals surface area contributed by atoms with Crippen molar-refractivity contribution in [3.05, 3.63) is 60.2 Å². The molecule has 2 fully saturated rings. The minimum absolute atomic E-state index is 0.000719. The molecule has 2 aromatic rings. The lowest BCUT2D eigenvalue weighted by atomic mass is 9.79. The molecule has 0 bridgehead atoms. The second-order valence-corrected chi connectivity index (χ2v) is 7.94. The molecule has 7 nitrogen and oxygen atoms in total. The van der Waals surface area contributed by atoms with Gasteiger partial charge < -0.3 is 20.2 Å². The summed E-state index contributed by atoms with van der Waals surface area (Å²) in [5.41, 5.74) is 2.16. The first-order valence-corrected chi connectivity index (χ1v) is 10.6. The maximum absolute atomic E-state index is 13.3. The van der Waals surface area contributed by atoms with E-state index in [0.717, 1.165) is 50.0 Å². The Morgan fingerprint density at radius 1 is 1.13 bits per heavy atom. The summed E-state index contributed by atoms with van der Waals surface area (Å²) in [6.07, 6.45) is 8.00. The Balaban J connectivity index is 0.000000858. The van der Waals surface area contributed by atoms with Gasteiger partial charge in [-0.3, -0.25) is 9.78 Å². The fourth-order valence-electron chi connectivity index (χ4n) is 4.49. The number of nitrogens with zero attached hydrogens (tertiary/aromatic N) is 3. The molecule has 2 N–H and O–H groups in total. The van der Waals surface area contributed by atoms with Crippen LogP contribution in [0.1, 0.15) is 31.2 Å². The van der Waals surface area contributed by atoms with Crippen LogP contribution in [0, 0.1) is 5.82 Å². The summed E-state index contributed by atoms with van der Waals surface area (Å²) < 4.78 is 13.3. The Morgan fingerprint density at radius 3 is 2.35 bits per heavy atom. The third-order valence-corrected chi connectivity index (χ3v) is 6.17. The Hall–Kier alpha value is -3.16. The van der Waals surface area contributed by atoms with E-state index in [2.05, 4.69) is 21.3 Å². The number of anilines is 1. The highest BCUT2D eigenvalue weighted by molar-refractivity contribution is 5.74. The van der Waals surface area contributed by atoms with Crippen molar-refractivity contribution in [2.24, 2.45) is 0 Å². The minimum Gasteiger partial charge on any atom is -0.483 e. The number of carbonyl (C=O) groups excluding carboxylic acids is 1. The van der Waals surface area contributed by atoms with Gasteiger partial charge in [-0.1, -0.05) is 25.0 Å². The number of piperazine rings is 1. The number of halogens is 1. The van der Waals surface area contributed by atoms with Crippen molar-refractivity contribution in [3.8, 4) is 0 Å². The predicted octanol–water partition coefficient (Wildman–Crippen LogP) is 3.27. The molecule has 0 unspecified atom stereocenters. The average Bonchev–Trinajstić information content (AvgIpc) is 3.29. The van der Waals surface area contributed by atoms with Crippen LogP contribution in [-0.4, -0.2) is 60.2 Å². The lowest BCUT2D eigenvalue weighted by molar-refractivity contribution is -0.122. The summed E-state index contributed by atoms with van der Waals surface area (Å²) >= 11 is 0. The third-order valence-electron chi connectivity index (χ3n) is 6.17. The van der Waals surface area contributed by atoms with E-state index in [1.54, 1.807) is 6.20 Å². The number of urea groups is 1. The highest BCUT2D eigenvalue weighted by Crippen LogP contribution is 2.40. The van der Waals surface area contributed by atoms with Crippen LogP contribution in [0.2, 0.25) is 0 Å². The van der Waals surface area contributed by atoms with E-state index in [4.69, 9.17) is 9.90 Å². The van der Waals surface area contributed by atoms with Gasteiger partial charge in [0.25, 0.3) is 6.47 Å². The van der Waals surface area contributed by atoms with Crippen LogP contribution in [0.25, 0.3) is 0 Å². The third kappa shape index (κ3) is 5.71. The summed E-state index contributed by atoms with van der Waals surface area (Å²) in [6.45, 7) is 3.37. The maximum atomic E-state index is 13.3. The molecule has 1 aliphatic carbocycles. The van der Waals surface area contributed by atoms with E-state index in [-0.39, 0.29) is 23.7 Å². The SMILES string of the molecule is O=C(NCC1(c2ccc(F)cc2)CCCC1)N1CCN(c2cccnc2)CC1.O=CO. The number of amides is 2. The number of nitrogens with one attached hydrogen (secondary N) is 1. The first-order valence-electron chi connectivity index (χ1n) is 10.6. The molecule has 31 heavy (non-hydrogen) atoms. The van der Waals surface area contributed by atoms with Gasteiger partial charge in [0.15, 0.2) is 0 Å². The average molecular weight is 429 g/mol. The van der Waals surface area contributed by atoms with Crippen LogP contribution in [-0.2, 0) is 10.2 Å². The summed E-state index contributed by atoms with van der Waals surface area (Å²) in [5.74, 6) is -0.215. The monoisotopic (exact) mass is 428 g/mol. The van der Waals surface area contributed by atoms with E-state index in [0.29, 0.717) is 19.6 Å². The van der Waals surface area contributed by atoms with Crippen molar-refractivity contribution in [1.82, 2.24) is 15.2 Å². The molecule has 1 saturated heterocycles. The van der Waals surface area contributed by atoms with Gasteiger partial charge in [0.2, 0.25) is 0 Å². The zero-order valence-corrected chi connectivity index (χ0v) is 17.5. The van der Waals surface area contributed by atoms with Crippen molar-refractivity contribution in [2.45, 2.75) is 31.1 Å². The smallest absolute Gasteiger partial charge is 0.317 e. The number of rotatable bonds is 4. The Kier molecular flexibility index (Phi) is 7.81. The van der Waals surface area contributed by atoms with Crippen LogP contribution >= 0.6 is 0 Å². The number of benzene rings is 1. The lowest BCUT2D eigenvalue weighted by Gasteiger charge is -2.37. The molecule has 0 atom stereocenters. The first kappa shape index (κ1) is 22.5. The van der Waals surface area contributed by atoms with Gasteiger partial charge in [-0.15, -0.1) is 0 Å². The standard InChI is InChI=1S/C22H27FN4O.CH2O2/c23-19-7-5-18(6-8-19)22(9-1-2-10-22)17-25-21(28)27-14-12-26(13-15-27)20-4-3-11-24-16-20;2-1-3/h3-8,11,16H,1-2,9-10,12-15,17H2,(H,25,28);1H,(H,2,3). The van der Waals surface area contributed by atoms with Crippen LogP contribution in [0.15, 0.2) is 48.8 Å². The molecule has 1 aromatic carbocycles. The zero-order valence-electron chi connectivity index (χ0n) is 17.5. The van der Waals surface area contributed by atoms with Crippen molar-refractivity contribution in [1.29, 1.82) is 0 Å². The molecule has 1 aliphatic heterocycles. The van der Waals surface area contributed by atoms with E-state index in [9.17, 15) is 9.18 Å². The fraction of sp³-hybridized carbons (Fsp3) is 0.435. The van der Waals surface area contributed by atoms with Crippen LogP contribution in [0.3, 0.4) is 0 Å². The van der Waals surface area contributed by atoms with Crippen LogP contribution in [0.5, 0.6) is 0 Å². The van der Waals surface area contributed by atoms with Crippen LogP contribution < -0.4 is 10.2 Å². The number of carbonyl (C=O) groups is 2. The molecule has 1 saturated carbocycles. The first-order chi connectivity index (χ1) is 15.1. The number of hydrogen-bond acceptors (Lipinski definition) is 4. The van der Waals surface area contributed by atoms with Gasteiger partial charge in [-0.2, -0.15) is 0 Å². The summed E-state index contributed by atoms with van der Waals surface area (Å²) in [4.78, 5) is 29.4. The molecule has 0 radical (unpaired) electrons. The summed E-state index contributed by atoms with van der Waals surface area (Å²) in [7, 11) is 0. The van der Waals surface area contributed by atoms with Gasteiger partial charge in [-0.25, -0.2) is 9.18 Å². The van der Waals surface area contributed by atoms with Crippen molar-refractivity contribution >= 4 is 18.2 Å². The highest BCUT2D eigenvalue weighted by atomic mass is 19.1. The van der Waals surface area contributed by atoms with Gasteiger partial charge in [0.1, 0.15) is 5.82 Å². The van der Waals surface area contributed by atoms with Crippen molar-refractivity contribution < 1.29 is 19.1 Å². The minimum atomic E-state index is -0.250. The van der Waals surface area contributed by atoms with Gasteiger partial charge in [-0.05, 0) is 42.7 Å². The van der Waals surface area contributed by atoms with Gasteiger partial charge in [0.05, 0.1) is 11.9 Å². The fourth-order valence-corrected chi connectivity index (χ4v) is 4.49. The molecule has 0 spiro atoms. The molecule has 1 aromatic heterocycles. The quantitative estimate of drug-likeness (QED) is 0.730. The van der Waals surface area contributed by atoms with E-state index < -0.39 is 0 Å². The topological polar surface area (TPSA) is 85.8 Å². The number of hydrogen-bond donors (Lipinski definition) is 2. The number of pyridine rings is 1. The second-order valence-electron chi connectivity index (χ2n) is 7.94. The molecule has 8 heteroatoms. The highest BCUT2D eigenvalue weighted by Gasteiger charge is 2.36. The lowest BCUT2D eigenvalue weighted by Crippen LogP contribution is -2.53. The maximum Gasteiger partial charge on any atom is 0.317 e. The molecule has 166 valence electrons. The molecule has 2 amide bonds. The zero-order chi connectivity index (χ0) is 22.1. The molecular weight excluding hydrogens is 399 g/mol. The van der Waals surface area contributed by atoms with Gasteiger partial charge >= 0.3 is 6.03 Å². The summed E-state index contributed by atoms with van der Waals surface area (Å²) in [5, 5.41) is 10.1. The number of carboxylic acid groups (broad SMARTS) is 1. The predicted molar refractivity (Wildman–Crippen MR) is 117 cm³/mol. The number of aromatic nitrogens is 1. The second kappa shape index (κ2) is 10.7. The summed E-state index contributed by atoms with van der Waals surface area (Å²) in [6, 6.07) is 10.8. The van der Waals surface area contributed by atoms with E-state index in [1.807, 2.05) is 29.3 Å². The van der Waals surface area contributed by atoms with E-state index >= 15 is 0 Å². The molecule has 4 rings (SSSR count). The van der Waals surface area contributed by atoms with Gasteiger partial charge in [0, 0.05) is 44.3 Å². The van der Waals surface area contributed by atoms with Crippen molar-refractivity contribution in [3.63, 3.8) is 0 Å². The van der Waals surface area contributed by atoms with Crippen LogP contribution in [0.4, 0.5) is 14.9 Å². The molecule has 2 aliphatic rings. The normalized spacial score (nSPS) is 17.5. The van der Waals surface area contributed by atoms with Crippen molar-refractivity contribution in [2.75, 3.05) is 37.6 Å². The Bertz CT molecular complexity index is 834. The molecule has 2 heterocycles. The Morgan fingerprint density at radius 2 is 1.77 bits per heavy atom. The van der Waals surface area contributed by atoms with E-state index in [1.165, 1.54) is 12.1 Å². The largest absolute Gasteiger partial charge is 0.483 e. The molecular formula is C23H29FN4O3. The Labute approximate surface area is 181 Å².